The lowest BCUT2D eigenvalue weighted by molar-refractivity contribution is -0.129. The summed E-state index contributed by atoms with van der Waals surface area (Å²) < 4.78 is 23.7. The topological polar surface area (TPSA) is 117 Å². The van der Waals surface area contributed by atoms with Crippen LogP contribution < -0.4 is 15.5 Å². The molecule has 1 aromatic carbocycles. The lowest BCUT2D eigenvalue weighted by Crippen LogP contribution is -2.51. The first kappa shape index (κ1) is 14.3. The average molecular weight is 317 g/mol. The number of rotatable bonds is 3. The van der Waals surface area contributed by atoms with Gasteiger partial charge in [0, 0.05) is 5.02 Å². The summed E-state index contributed by atoms with van der Waals surface area (Å²) >= 11 is 5.65. The summed E-state index contributed by atoms with van der Waals surface area (Å²) in [6.07, 6.45) is -0.330. The molecule has 0 radical (unpaired) electrons. The summed E-state index contributed by atoms with van der Waals surface area (Å²) in [7, 11) is -3.91. The van der Waals surface area contributed by atoms with Crippen molar-refractivity contribution in [1.29, 1.82) is 0 Å². The molecule has 106 valence electrons. The molecule has 0 bridgehead atoms. The van der Waals surface area contributed by atoms with Gasteiger partial charge >= 0.3 is 0 Å². The van der Waals surface area contributed by atoms with Crippen LogP contribution in [-0.2, 0) is 19.6 Å². The van der Waals surface area contributed by atoms with Crippen LogP contribution in [0.2, 0.25) is 5.02 Å². The fourth-order valence-corrected chi connectivity index (χ4v) is 2.29. The van der Waals surface area contributed by atoms with Crippen LogP contribution in [-0.4, -0.2) is 26.2 Å². The first-order chi connectivity index (χ1) is 9.37. The molecule has 1 aliphatic heterocycles. The number of hydrogen-bond acceptors (Lipinski definition) is 5. The highest BCUT2D eigenvalue weighted by molar-refractivity contribution is 7.89. The number of amides is 2. The Hall–Kier alpha value is -2.13. The van der Waals surface area contributed by atoms with E-state index in [-0.39, 0.29) is 17.3 Å². The fraction of sp³-hybridized carbons (Fsp3) is 0.100. The van der Waals surface area contributed by atoms with Gasteiger partial charge in [-0.2, -0.15) is 13.2 Å². The van der Waals surface area contributed by atoms with Gasteiger partial charge in [-0.1, -0.05) is 11.6 Å². The zero-order valence-electron chi connectivity index (χ0n) is 9.88. The van der Waals surface area contributed by atoms with Crippen molar-refractivity contribution in [2.75, 3.05) is 0 Å². The molecule has 0 spiro atoms. The van der Waals surface area contributed by atoms with Gasteiger partial charge in [0.05, 0.1) is 4.90 Å². The number of benzene rings is 1. The SMILES string of the molecule is O=C1CC(=O)NC(=NNS(=O)(=O)c2ccc(Cl)cc2)N1. The van der Waals surface area contributed by atoms with Crippen molar-refractivity contribution in [1.82, 2.24) is 15.5 Å². The fourth-order valence-electron chi connectivity index (χ4n) is 1.36. The largest absolute Gasteiger partial charge is 0.294 e. The van der Waals surface area contributed by atoms with Gasteiger partial charge < -0.3 is 0 Å². The van der Waals surface area contributed by atoms with E-state index in [0.29, 0.717) is 5.02 Å². The Morgan fingerprint density at radius 2 is 1.65 bits per heavy atom. The van der Waals surface area contributed by atoms with E-state index >= 15 is 0 Å². The molecule has 2 amide bonds. The minimum atomic E-state index is -3.91. The third kappa shape index (κ3) is 3.45. The zero-order chi connectivity index (χ0) is 14.8. The van der Waals surface area contributed by atoms with Crippen molar-refractivity contribution in [3.63, 3.8) is 0 Å². The third-order valence-corrected chi connectivity index (χ3v) is 3.71. The molecule has 2 rings (SSSR count). The molecule has 0 aromatic heterocycles. The van der Waals surface area contributed by atoms with Crippen LogP contribution >= 0.6 is 11.6 Å². The van der Waals surface area contributed by atoms with E-state index in [9.17, 15) is 18.0 Å². The normalized spacial score (nSPS) is 15.3. The number of nitrogens with one attached hydrogen (secondary N) is 3. The van der Waals surface area contributed by atoms with Crippen LogP contribution in [0.25, 0.3) is 0 Å². The van der Waals surface area contributed by atoms with E-state index in [1.54, 1.807) is 0 Å². The molecule has 20 heavy (non-hydrogen) atoms. The smallest absolute Gasteiger partial charge is 0.276 e. The molecule has 1 aliphatic rings. The quantitative estimate of drug-likeness (QED) is 0.516. The monoisotopic (exact) mass is 316 g/mol. The second-order valence-corrected chi connectivity index (χ2v) is 5.88. The standard InChI is InChI=1S/C10H9ClN4O4S/c11-6-1-3-7(4-2-6)20(18,19)15-14-10-12-8(16)5-9(17)13-10/h1-4,15H,5H2,(H2,12,13,14,16,17). The maximum absolute atomic E-state index is 11.9. The Labute approximate surface area is 119 Å². The van der Waals surface area contributed by atoms with Crippen molar-refractivity contribution >= 4 is 39.4 Å². The summed E-state index contributed by atoms with van der Waals surface area (Å²) in [4.78, 5) is 24.0. The Kier molecular flexibility index (Phi) is 3.91. The molecule has 1 heterocycles. The van der Waals surface area contributed by atoms with Crippen LogP contribution in [0.1, 0.15) is 6.42 Å². The lowest BCUT2D eigenvalue weighted by atomic mass is 10.3. The minimum Gasteiger partial charge on any atom is -0.294 e. The van der Waals surface area contributed by atoms with Gasteiger partial charge in [0.1, 0.15) is 6.42 Å². The molecular weight excluding hydrogens is 308 g/mol. The van der Waals surface area contributed by atoms with Gasteiger partial charge in [0.15, 0.2) is 0 Å². The predicted molar refractivity (Wildman–Crippen MR) is 70.1 cm³/mol. The van der Waals surface area contributed by atoms with Crippen LogP contribution in [0.4, 0.5) is 0 Å². The highest BCUT2D eigenvalue weighted by atomic mass is 35.5. The maximum Gasteiger partial charge on any atom is 0.276 e. The molecule has 8 nitrogen and oxygen atoms in total. The number of carbonyl (C=O) groups excluding carboxylic acids is 2. The molecule has 0 unspecified atom stereocenters. The van der Waals surface area contributed by atoms with Gasteiger partial charge in [-0.3, -0.25) is 20.2 Å². The molecular formula is C10H9ClN4O4S. The Morgan fingerprint density at radius 3 is 2.20 bits per heavy atom. The number of sulfonamides is 1. The van der Waals surface area contributed by atoms with Gasteiger partial charge in [0.2, 0.25) is 17.8 Å². The molecule has 1 saturated heterocycles. The summed E-state index contributed by atoms with van der Waals surface area (Å²) in [6.45, 7) is 0. The number of hydrogen-bond donors (Lipinski definition) is 3. The number of hydrazone groups is 1. The lowest BCUT2D eigenvalue weighted by Gasteiger charge is -2.15. The summed E-state index contributed by atoms with van der Waals surface area (Å²) in [5.41, 5.74) is 0. The Balaban J connectivity index is 2.14. The van der Waals surface area contributed by atoms with Crippen molar-refractivity contribution in [3.8, 4) is 0 Å². The van der Waals surface area contributed by atoms with E-state index in [1.807, 2.05) is 4.83 Å². The molecule has 1 aromatic rings. The number of halogens is 1. The molecule has 0 atom stereocenters. The minimum absolute atomic E-state index is 0.0558. The van der Waals surface area contributed by atoms with Crippen molar-refractivity contribution < 1.29 is 18.0 Å². The Bertz CT molecular complexity index is 666. The number of nitrogens with zero attached hydrogens (tertiary/aromatic N) is 1. The Morgan fingerprint density at radius 1 is 1.10 bits per heavy atom. The first-order valence-corrected chi connectivity index (χ1v) is 7.18. The van der Waals surface area contributed by atoms with Crippen molar-refractivity contribution in [2.45, 2.75) is 11.3 Å². The van der Waals surface area contributed by atoms with Crippen LogP contribution in [0, 0.1) is 0 Å². The molecule has 10 heteroatoms. The first-order valence-electron chi connectivity index (χ1n) is 5.31. The van der Waals surface area contributed by atoms with Gasteiger partial charge in [-0.05, 0) is 24.3 Å². The number of guanidine groups is 1. The number of carbonyl (C=O) groups is 2. The van der Waals surface area contributed by atoms with E-state index in [2.05, 4.69) is 15.7 Å². The van der Waals surface area contributed by atoms with Crippen LogP contribution in [0.3, 0.4) is 0 Å². The van der Waals surface area contributed by atoms with Crippen LogP contribution in [0.15, 0.2) is 34.3 Å². The van der Waals surface area contributed by atoms with E-state index in [1.165, 1.54) is 24.3 Å². The average Bonchev–Trinajstić information content (AvgIpc) is 2.36. The summed E-state index contributed by atoms with van der Waals surface area (Å²) in [5, 5.41) is 8.25. The molecule has 3 N–H and O–H groups in total. The summed E-state index contributed by atoms with van der Waals surface area (Å²) in [6, 6.07) is 5.41. The van der Waals surface area contributed by atoms with Crippen LogP contribution in [0.5, 0.6) is 0 Å². The van der Waals surface area contributed by atoms with E-state index in [4.69, 9.17) is 11.6 Å². The second-order valence-electron chi connectivity index (χ2n) is 3.78. The summed E-state index contributed by atoms with van der Waals surface area (Å²) in [5.74, 6) is -1.42. The highest BCUT2D eigenvalue weighted by Crippen LogP contribution is 2.13. The predicted octanol–water partition coefficient (Wildman–Crippen LogP) is -0.475. The zero-order valence-corrected chi connectivity index (χ0v) is 11.5. The van der Waals surface area contributed by atoms with Gasteiger partial charge in [0.25, 0.3) is 10.0 Å². The van der Waals surface area contributed by atoms with E-state index in [0.717, 1.165) is 0 Å². The molecule has 1 fully saturated rings. The second kappa shape index (κ2) is 5.47. The third-order valence-electron chi connectivity index (χ3n) is 2.24. The maximum atomic E-state index is 11.9. The van der Waals surface area contributed by atoms with E-state index < -0.39 is 21.8 Å². The van der Waals surface area contributed by atoms with Crippen molar-refractivity contribution in [3.05, 3.63) is 29.3 Å². The van der Waals surface area contributed by atoms with Crippen molar-refractivity contribution in [2.24, 2.45) is 5.10 Å². The molecule has 0 saturated carbocycles. The van der Waals surface area contributed by atoms with Gasteiger partial charge in [-0.25, -0.2) is 0 Å². The van der Waals surface area contributed by atoms with Gasteiger partial charge in [-0.15, -0.1) is 5.10 Å². The highest BCUT2D eigenvalue weighted by Gasteiger charge is 2.21. The molecule has 0 aliphatic carbocycles.